The number of anilines is 1. The molecule has 0 radical (unpaired) electrons. The summed E-state index contributed by atoms with van der Waals surface area (Å²) in [5.41, 5.74) is 7.50. The van der Waals surface area contributed by atoms with Crippen molar-refractivity contribution >= 4 is 16.7 Å². The van der Waals surface area contributed by atoms with Crippen LogP contribution in [0.25, 0.3) is 0 Å². The number of nitrogens with zero attached hydrogens (tertiary/aromatic N) is 2. The Bertz CT molecular complexity index is 570. The van der Waals surface area contributed by atoms with Crippen LogP contribution in [-0.4, -0.2) is 21.9 Å². The van der Waals surface area contributed by atoms with Gasteiger partial charge in [0.1, 0.15) is 11.6 Å². The molecule has 0 saturated heterocycles. The third-order valence-electron chi connectivity index (χ3n) is 3.09. The van der Waals surface area contributed by atoms with Gasteiger partial charge in [-0.05, 0) is 30.5 Å². The topological polar surface area (TPSA) is 63.8 Å². The lowest BCUT2D eigenvalue weighted by molar-refractivity contribution is 0.617. The van der Waals surface area contributed by atoms with Crippen LogP contribution < -0.4 is 11.1 Å². The first-order valence-corrected chi connectivity index (χ1v) is 7.43. The second kappa shape index (κ2) is 6.76. The number of aromatic nitrogens is 2. The van der Waals surface area contributed by atoms with Crippen molar-refractivity contribution < 1.29 is 4.39 Å². The van der Waals surface area contributed by atoms with Crippen LogP contribution in [0.2, 0.25) is 0 Å². The standard InChI is InChI=1S/C14H19FN4S/c1-3-11(16)8-17-14-18-13(19-20-14)7-10-4-5-12(15)9(2)6-10/h4-6,11H,3,7-8,16H2,1-2H3,(H,17,18,19). The maximum Gasteiger partial charge on any atom is 0.202 e. The van der Waals surface area contributed by atoms with Crippen molar-refractivity contribution in [3.05, 3.63) is 41.0 Å². The number of hydrogen-bond acceptors (Lipinski definition) is 5. The van der Waals surface area contributed by atoms with Gasteiger partial charge in [0.05, 0.1) is 0 Å². The number of hydrogen-bond donors (Lipinski definition) is 2. The quantitative estimate of drug-likeness (QED) is 0.860. The predicted octanol–water partition coefficient (Wildman–Crippen LogP) is 2.73. The van der Waals surface area contributed by atoms with E-state index in [1.807, 2.05) is 6.07 Å². The van der Waals surface area contributed by atoms with E-state index in [0.29, 0.717) is 18.5 Å². The highest BCUT2D eigenvalue weighted by atomic mass is 32.1. The first-order valence-electron chi connectivity index (χ1n) is 6.65. The fourth-order valence-corrected chi connectivity index (χ4v) is 2.35. The Kier molecular flexibility index (Phi) is 5.03. The van der Waals surface area contributed by atoms with Crippen LogP contribution in [-0.2, 0) is 6.42 Å². The zero-order valence-corrected chi connectivity index (χ0v) is 12.5. The second-order valence-electron chi connectivity index (χ2n) is 4.83. The van der Waals surface area contributed by atoms with Crippen molar-refractivity contribution in [2.45, 2.75) is 32.7 Å². The van der Waals surface area contributed by atoms with E-state index < -0.39 is 0 Å². The third kappa shape index (κ3) is 3.98. The van der Waals surface area contributed by atoms with Gasteiger partial charge in [-0.2, -0.15) is 4.37 Å². The zero-order valence-electron chi connectivity index (χ0n) is 11.7. The Morgan fingerprint density at radius 1 is 1.45 bits per heavy atom. The van der Waals surface area contributed by atoms with Crippen LogP contribution in [0, 0.1) is 12.7 Å². The third-order valence-corrected chi connectivity index (χ3v) is 3.80. The van der Waals surface area contributed by atoms with E-state index in [1.54, 1.807) is 13.0 Å². The van der Waals surface area contributed by atoms with Gasteiger partial charge in [0.2, 0.25) is 5.13 Å². The molecule has 0 amide bonds. The van der Waals surface area contributed by atoms with Crippen LogP contribution >= 0.6 is 11.5 Å². The molecule has 0 aliphatic heterocycles. The summed E-state index contributed by atoms with van der Waals surface area (Å²) < 4.78 is 17.5. The summed E-state index contributed by atoms with van der Waals surface area (Å²) in [6.07, 6.45) is 1.53. The number of aryl methyl sites for hydroxylation is 1. The van der Waals surface area contributed by atoms with Crippen molar-refractivity contribution in [1.29, 1.82) is 0 Å². The minimum atomic E-state index is -0.184. The molecule has 1 unspecified atom stereocenters. The Hall–Kier alpha value is -1.53. The molecule has 2 aromatic rings. The number of halogens is 1. The lowest BCUT2D eigenvalue weighted by Gasteiger charge is -2.07. The van der Waals surface area contributed by atoms with E-state index >= 15 is 0 Å². The molecule has 2 rings (SSSR count). The fourth-order valence-electron chi connectivity index (χ4n) is 1.76. The summed E-state index contributed by atoms with van der Waals surface area (Å²) in [4.78, 5) is 4.41. The summed E-state index contributed by atoms with van der Waals surface area (Å²) in [5, 5.41) is 3.96. The van der Waals surface area contributed by atoms with Crippen LogP contribution in [0.1, 0.15) is 30.3 Å². The largest absolute Gasteiger partial charge is 0.359 e. The SMILES string of the molecule is CCC(N)CNc1nc(Cc2ccc(F)c(C)c2)ns1. The molecule has 0 aliphatic rings. The van der Waals surface area contributed by atoms with Gasteiger partial charge in [-0.1, -0.05) is 19.1 Å². The van der Waals surface area contributed by atoms with E-state index in [0.717, 1.165) is 22.9 Å². The van der Waals surface area contributed by atoms with Crippen molar-refractivity contribution in [3.8, 4) is 0 Å². The molecule has 1 aromatic carbocycles. The lowest BCUT2D eigenvalue weighted by Crippen LogP contribution is -2.27. The van der Waals surface area contributed by atoms with E-state index in [-0.39, 0.29) is 11.9 Å². The summed E-state index contributed by atoms with van der Waals surface area (Å²) in [7, 11) is 0. The summed E-state index contributed by atoms with van der Waals surface area (Å²) in [5.74, 6) is 0.560. The first-order chi connectivity index (χ1) is 9.58. The van der Waals surface area contributed by atoms with E-state index in [9.17, 15) is 4.39 Å². The number of nitrogens with two attached hydrogens (primary N) is 1. The molecule has 0 fully saturated rings. The molecule has 0 aliphatic carbocycles. The van der Waals surface area contributed by atoms with Crippen molar-refractivity contribution in [1.82, 2.24) is 9.36 Å². The van der Waals surface area contributed by atoms with Crippen LogP contribution in [0.15, 0.2) is 18.2 Å². The smallest absolute Gasteiger partial charge is 0.202 e. The molecule has 108 valence electrons. The van der Waals surface area contributed by atoms with Gasteiger partial charge in [-0.15, -0.1) is 0 Å². The molecule has 3 N–H and O–H groups in total. The number of rotatable bonds is 6. The molecule has 0 bridgehead atoms. The number of benzene rings is 1. The monoisotopic (exact) mass is 294 g/mol. The van der Waals surface area contributed by atoms with Gasteiger partial charge in [-0.25, -0.2) is 9.37 Å². The van der Waals surface area contributed by atoms with Crippen molar-refractivity contribution in [2.24, 2.45) is 5.73 Å². The predicted molar refractivity (Wildman–Crippen MR) is 80.6 cm³/mol. The summed E-state index contributed by atoms with van der Waals surface area (Å²) in [6, 6.07) is 5.21. The van der Waals surface area contributed by atoms with Crippen molar-refractivity contribution in [3.63, 3.8) is 0 Å². The first kappa shape index (κ1) is 14.9. The van der Waals surface area contributed by atoms with Gasteiger partial charge in [-0.3, -0.25) is 0 Å². The van der Waals surface area contributed by atoms with Gasteiger partial charge in [0.25, 0.3) is 0 Å². The second-order valence-corrected chi connectivity index (χ2v) is 5.58. The molecule has 6 heteroatoms. The van der Waals surface area contributed by atoms with Crippen LogP contribution in [0.4, 0.5) is 9.52 Å². The molecule has 0 saturated carbocycles. The van der Waals surface area contributed by atoms with Crippen LogP contribution in [0.5, 0.6) is 0 Å². The molecule has 0 spiro atoms. The average Bonchev–Trinajstić information content (AvgIpc) is 2.88. The average molecular weight is 294 g/mol. The highest BCUT2D eigenvalue weighted by Gasteiger charge is 2.07. The van der Waals surface area contributed by atoms with Gasteiger partial charge < -0.3 is 11.1 Å². The highest BCUT2D eigenvalue weighted by Crippen LogP contribution is 2.16. The molecule has 20 heavy (non-hydrogen) atoms. The van der Waals surface area contributed by atoms with E-state index in [1.165, 1.54) is 17.6 Å². The minimum Gasteiger partial charge on any atom is -0.359 e. The molecule has 1 atom stereocenters. The van der Waals surface area contributed by atoms with Gasteiger partial charge in [0.15, 0.2) is 0 Å². The molecule has 1 aromatic heterocycles. The van der Waals surface area contributed by atoms with Gasteiger partial charge >= 0.3 is 0 Å². The Balaban J connectivity index is 1.96. The Morgan fingerprint density at radius 3 is 2.95 bits per heavy atom. The Morgan fingerprint density at radius 2 is 2.25 bits per heavy atom. The minimum absolute atomic E-state index is 0.127. The maximum atomic E-state index is 13.2. The normalized spacial score (nSPS) is 12.4. The highest BCUT2D eigenvalue weighted by molar-refractivity contribution is 7.09. The maximum absolute atomic E-state index is 13.2. The van der Waals surface area contributed by atoms with Gasteiger partial charge in [0, 0.05) is 30.5 Å². The zero-order chi connectivity index (χ0) is 14.5. The molecular weight excluding hydrogens is 275 g/mol. The number of nitrogens with one attached hydrogen (secondary N) is 1. The Labute approximate surface area is 122 Å². The van der Waals surface area contributed by atoms with Crippen LogP contribution in [0.3, 0.4) is 0 Å². The molecule has 1 heterocycles. The fraction of sp³-hybridized carbons (Fsp3) is 0.429. The molecular formula is C14H19FN4S. The van der Waals surface area contributed by atoms with E-state index in [4.69, 9.17) is 5.73 Å². The summed E-state index contributed by atoms with van der Waals surface area (Å²) in [6.45, 7) is 4.50. The lowest BCUT2D eigenvalue weighted by atomic mass is 10.1. The van der Waals surface area contributed by atoms with Crippen molar-refractivity contribution in [2.75, 3.05) is 11.9 Å². The summed E-state index contributed by atoms with van der Waals surface area (Å²) >= 11 is 1.33. The molecule has 4 nitrogen and oxygen atoms in total. The van der Waals surface area contributed by atoms with E-state index in [2.05, 4.69) is 21.6 Å².